The maximum atomic E-state index is 13.8. The molecule has 39 heavy (non-hydrogen) atoms. The number of nitrogens with zero attached hydrogens (tertiary/aromatic N) is 3. The Hall–Kier alpha value is -2.37. The lowest BCUT2D eigenvalue weighted by Gasteiger charge is -2.47. The van der Waals surface area contributed by atoms with E-state index in [-0.39, 0.29) is 17.2 Å². The van der Waals surface area contributed by atoms with Gasteiger partial charge in [0.2, 0.25) is 5.91 Å². The van der Waals surface area contributed by atoms with Gasteiger partial charge in [-0.25, -0.2) is 4.98 Å². The first kappa shape index (κ1) is 29.6. The second kappa shape index (κ2) is 10.6. The Labute approximate surface area is 235 Å². The highest BCUT2D eigenvalue weighted by molar-refractivity contribution is 5.96. The van der Waals surface area contributed by atoms with Crippen molar-refractivity contribution in [1.29, 1.82) is 0 Å². The molecule has 0 spiro atoms. The average molecular weight is 538 g/mol. The summed E-state index contributed by atoms with van der Waals surface area (Å²) >= 11 is 0. The summed E-state index contributed by atoms with van der Waals surface area (Å²) in [6, 6.07) is 4.08. The van der Waals surface area contributed by atoms with E-state index >= 15 is 0 Å². The molecule has 0 aromatic carbocycles. The summed E-state index contributed by atoms with van der Waals surface area (Å²) in [5.41, 5.74) is 3.51. The molecule has 2 aromatic heterocycles. The zero-order valence-corrected chi connectivity index (χ0v) is 26.1. The summed E-state index contributed by atoms with van der Waals surface area (Å²) < 4.78 is 6.33. The molecule has 0 unspecified atom stereocenters. The average Bonchev–Trinajstić information content (AvgIpc) is 3.25. The topological polar surface area (TPSA) is 66.7 Å². The molecule has 216 valence electrons. The summed E-state index contributed by atoms with van der Waals surface area (Å²) in [4.78, 5) is 35.7. The summed E-state index contributed by atoms with van der Waals surface area (Å²) in [6.45, 7) is 23.4. The van der Waals surface area contributed by atoms with E-state index in [4.69, 9.17) is 9.40 Å². The third-order valence-corrected chi connectivity index (χ3v) is 9.41. The quantitative estimate of drug-likeness (QED) is 0.395. The Bertz CT molecular complexity index is 1210. The molecule has 1 atom stereocenters. The molecule has 3 heterocycles. The summed E-state index contributed by atoms with van der Waals surface area (Å²) in [7, 11) is 0. The Morgan fingerprint density at radius 2 is 1.69 bits per heavy atom. The van der Waals surface area contributed by atoms with Crippen LogP contribution in [0.3, 0.4) is 0 Å². The Kier molecular flexibility index (Phi) is 8.01. The molecule has 2 amide bonds. The van der Waals surface area contributed by atoms with Crippen LogP contribution in [0.1, 0.15) is 129 Å². The minimum Gasteiger partial charge on any atom is -0.449 e. The molecule has 1 saturated carbocycles. The van der Waals surface area contributed by atoms with Crippen molar-refractivity contribution in [2.45, 2.75) is 118 Å². The van der Waals surface area contributed by atoms with Crippen molar-refractivity contribution in [3.05, 3.63) is 29.2 Å². The van der Waals surface area contributed by atoms with Crippen molar-refractivity contribution >= 4 is 22.9 Å². The van der Waals surface area contributed by atoms with Gasteiger partial charge in [0.1, 0.15) is 5.52 Å². The molecule has 1 saturated heterocycles. The van der Waals surface area contributed by atoms with E-state index in [0.29, 0.717) is 55.0 Å². The number of pyridine rings is 1. The van der Waals surface area contributed by atoms with Gasteiger partial charge in [-0.3, -0.25) is 9.59 Å². The molecule has 0 N–H and O–H groups in total. The number of aromatic nitrogens is 1. The number of furan rings is 1. The van der Waals surface area contributed by atoms with E-state index in [1.807, 2.05) is 29.7 Å². The lowest BCUT2D eigenvalue weighted by molar-refractivity contribution is -0.136. The van der Waals surface area contributed by atoms with Crippen LogP contribution >= 0.6 is 0 Å². The first-order chi connectivity index (χ1) is 18.0. The van der Waals surface area contributed by atoms with Gasteiger partial charge in [-0.2, -0.15) is 0 Å². The fourth-order valence-electron chi connectivity index (χ4n) is 6.13. The van der Waals surface area contributed by atoms with E-state index in [2.05, 4.69) is 61.5 Å². The fourth-order valence-corrected chi connectivity index (χ4v) is 6.13. The maximum Gasteiger partial charge on any atom is 0.290 e. The Morgan fingerprint density at radius 1 is 1.05 bits per heavy atom. The van der Waals surface area contributed by atoms with E-state index in [9.17, 15) is 9.59 Å². The summed E-state index contributed by atoms with van der Waals surface area (Å²) in [5.74, 6) is 1.64. The second-order valence-corrected chi connectivity index (χ2v) is 15.1. The normalized spacial score (nSPS) is 21.0. The third-order valence-electron chi connectivity index (χ3n) is 9.41. The molecule has 0 bridgehead atoms. The maximum absolute atomic E-state index is 13.8. The highest BCUT2D eigenvalue weighted by atomic mass is 16.3. The smallest absolute Gasteiger partial charge is 0.290 e. The van der Waals surface area contributed by atoms with Crippen LogP contribution in [0, 0.1) is 17.3 Å². The number of rotatable bonds is 5. The lowest BCUT2D eigenvalue weighted by atomic mass is 9.72. The van der Waals surface area contributed by atoms with Gasteiger partial charge in [0.25, 0.3) is 5.91 Å². The van der Waals surface area contributed by atoms with Crippen LogP contribution in [0.4, 0.5) is 0 Å². The van der Waals surface area contributed by atoms with Gasteiger partial charge in [-0.15, -0.1) is 0 Å². The van der Waals surface area contributed by atoms with Crippen molar-refractivity contribution in [2.24, 2.45) is 17.3 Å². The van der Waals surface area contributed by atoms with Gasteiger partial charge in [0, 0.05) is 49.3 Å². The first-order valence-electron chi connectivity index (χ1n) is 15.0. The summed E-state index contributed by atoms with van der Waals surface area (Å²) in [5, 5.41) is 0. The molecule has 6 heteroatoms. The van der Waals surface area contributed by atoms with Gasteiger partial charge >= 0.3 is 0 Å². The van der Waals surface area contributed by atoms with Crippen LogP contribution in [-0.4, -0.2) is 51.8 Å². The number of piperazine rings is 1. The minimum absolute atomic E-state index is 0.124. The zero-order chi connectivity index (χ0) is 28.9. The Balaban J connectivity index is 1.59. The molecule has 4 rings (SSSR count). The van der Waals surface area contributed by atoms with Crippen LogP contribution in [0.2, 0.25) is 0 Å². The predicted octanol–water partition coefficient (Wildman–Crippen LogP) is 7.55. The van der Waals surface area contributed by atoms with Crippen molar-refractivity contribution in [3.8, 4) is 0 Å². The molecule has 2 aromatic rings. The second-order valence-electron chi connectivity index (χ2n) is 15.1. The molecule has 2 fully saturated rings. The molecule has 2 aliphatic rings. The monoisotopic (exact) mass is 537 g/mol. The van der Waals surface area contributed by atoms with Gasteiger partial charge < -0.3 is 14.2 Å². The van der Waals surface area contributed by atoms with Gasteiger partial charge in [-0.05, 0) is 68.3 Å². The predicted molar refractivity (Wildman–Crippen MR) is 158 cm³/mol. The van der Waals surface area contributed by atoms with Crippen LogP contribution in [0.5, 0.6) is 0 Å². The Morgan fingerprint density at radius 3 is 2.26 bits per heavy atom. The number of fused-ring (bicyclic) bond motifs is 1. The molecule has 1 aliphatic heterocycles. The van der Waals surface area contributed by atoms with E-state index in [0.717, 1.165) is 35.2 Å². The minimum atomic E-state index is -0.495. The molecular formula is C33H51N3O3. The number of amides is 2. The number of hydrogen-bond acceptors (Lipinski definition) is 4. The fraction of sp³-hybridized carbons (Fsp3) is 0.727. The van der Waals surface area contributed by atoms with Gasteiger partial charge in [0.15, 0.2) is 11.3 Å². The number of carbonyl (C=O) groups is 2. The molecular weight excluding hydrogens is 486 g/mol. The molecule has 0 radical (unpaired) electrons. The van der Waals surface area contributed by atoms with Gasteiger partial charge in [0.05, 0.1) is 5.54 Å². The van der Waals surface area contributed by atoms with Crippen molar-refractivity contribution in [1.82, 2.24) is 14.8 Å². The standard InChI is InChI=1S/C33H51N3O3/c1-21(2)22(3)17-28(37)35-15-16-36(33(9,10)20-35)30(38)27-19-26-29(39-27)24(31(4,5)6)18-25(34-26)23-11-13-32(7,8)14-12-23/h18-19,21-23H,11-17,20H2,1-10H3/t22-/m1/s1. The molecule has 6 nitrogen and oxygen atoms in total. The molecule has 1 aliphatic carbocycles. The van der Waals surface area contributed by atoms with Gasteiger partial charge in [-0.1, -0.05) is 55.4 Å². The number of carbonyl (C=O) groups excluding carboxylic acids is 2. The first-order valence-corrected chi connectivity index (χ1v) is 15.0. The van der Waals surface area contributed by atoms with Crippen LogP contribution < -0.4 is 0 Å². The highest BCUT2D eigenvalue weighted by Crippen LogP contribution is 2.43. The SMILES string of the molecule is CC(C)[C@H](C)CC(=O)N1CCN(C(=O)c2cc3nc(C4CCC(C)(C)CC4)cc(C(C)(C)C)c3o2)C(C)(C)C1. The highest BCUT2D eigenvalue weighted by Gasteiger charge is 2.40. The van der Waals surface area contributed by atoms with Crippen LogP contribution in [0.25, 0.3) is 11.1 Å². The zero-order valence-electron chi connectivity index (χ0n) is 26.1. The van der Waals surface area contributed by atoms with Crippen LogP contribution in [-0.2, 0) is 10.2 Å². The van der Waals surface area contributed by atoms with E-state index in [1.165, 1.54) is 12.8 Å². The van der Waals surface area contributed by atoms with Crippen LogP contribution in [0.15, 0.2) is 16.5 Å². The lowest BCUT2D eigenvalue weighted by Crippen LogP contribution is -2.62. The van der Waals surface area contributed by atoms with E-state index in [1.54, 1.807) is 0 Å². The van der Waals surface area contributed by atoms with Crippen molar-refractivity contribution in [3.63, 3.8) is 0 Å². The third kappa shape index (κ3) is 6.36. The number of hydrogen-bond donors (Lipinski definition) is 0. The van der Waals surface area contributed by atoms with Crippen molar-refractivity contribution in [2.75, 3.05) is 19.6 Å². The van der Waals surface area contributed by atoms with Crippen molar-refractivity contribution < 1.29 is 14.0 Å². The largest absolute Gasteiger partial charge is 0.449 e. The summed E-state index contributed by atoms with van der Waals surface area (Å²) in [6.07, 6.45) is 5.25. The van der Waals surface area contributed by atoms with E-state index < -0.39 is 5.54 Å².